The molecule has 0 bridgehead atoms. The lowest BCUT2D eigenvalue weighted by Gasteiger charge is -2.09. The summed E-state index contributed by atoms with van der Waals surface area (Å²) in [5.41, 5.74) is 1.71. The van der Waals surface area contributed by atoms with Crippen LogP contribution in [0.1, 0.15) is 29.9 Å². The van der Waals surface area contributed by atoms with Gasteiger partial charge in [0, 0.05) is 17.5 Å². The fourth-order valence-corrected chi connectivity index (χ4v) is 4.47. The quantitative estimate of drug-likeness (QED) is 0.867. The molecule has 0 radical (unpaired) electrons. The summed E-state index contributed by atoms with van der Waals surface area (Å²) in [4.78, 5) is 0. The van der Waals surface area contributed by atoms with Crippen molar-refractivity contribution < 1.29 is 9.52 Å². The van der Waals surface area contributed by atoms with E-state index in [2.05, 4.69) is 31.9 Å². The van der Waals surface area contributed by atoms with E-state index in [1.807, 2.05) is 19.1 Å². The van der Waals surface area contributed by atoms with Gasteiger partial charge in [0.15, 0.2) is 0 Å². The smallest absolute Gasteiger partial charge is 0.109 e. The number of furan rings is 1. The van der Waals surface area contributed by atoms with E-state index in [9.17, 15) is 5.11 Å². The highest BCUT2D eigenvalue weighted by molar-refractivity contribution is 9.12. The summed E-state index contributed by atoms with van der Waals surface area (Å²) in [7, 11) is 0. The molecule has 5 heteroatoms. The zero-order valence-corrected chi connectivity index (χ0v) is 12.5. The molecule has 0 fully saturated rings. The predicted molar refractivity (Wildman–Crippen MR) is 71.9 cm³/mol. The Bertz CT molecular complexity index is 490. The minimum atomic E-state index is -0.634. The van der Waals surface area contributed by atoms with Crippen LogP contribution in [0.5, 0.6) is 0 Å². The molecule has 2 aromatic heterocycles. The van der Waals surface area contributed by atoms with Crippen LogP contribution in [0.4, 0.5) is 0 Å². The number of aryl methyl sites for hydroxylation is 1. The second-order valence-corrected chi connectivity index (χ2v) is 7.08. The number of hydrogen-bond donors (Lipinski definition) is 1. The second-order valence-electron chi connectivity index (χ2n) is 3.33. The van der Waals surface area contributed by atoms with Crippen molar-refractivity contribution in [3.05, 3.63) is 42.9 Å². The number of hydrogen-bond acceptors (Lipinski definition) is 3. The summed E-state index contributed by atoms with van der Waals surface area (Å²) in [5, 5.41) is 10.3. The molecule has 0 aliphatic heterocycles. The van der Waals surface area contributed by atoms with E-state index in [-0.39, 0.29) is 0 Å². The van der Waals surface area contributed by atoms with E-state index < -0.39 is 6.10 Å². The molecule has 0 spiro atoms. The maximum Gasteiger partial charge on any atom is 0.109 e. The number of halogens is 2. The van der Waals surface area contributed by atoms with Crippen LogP contribution < -0.4 is 0 Å². The molecule has 1 unspecified atom stereocenters. The van der Waals surface area contributed by atoms with E-state index in [0.717, 1.165) is 30.9 Å². The van der Waals surface area contributed by atoms with Crippen molar-refractivity contribution in [3.8, 4) is 0 Å². The minimum absolute atomic E-state index is 0.634. The molecule has 0 aromatic carbocycles. The standard InChI is InChI=1S/C11H10Br2O2S/c1-2-8-6(3-4-15-8)10(14)7-5-9(12)16-11(7)13/h3-5,10,14H,2H2,1H3. The number of thiophene rings is 1. The van der Waals surface area contributed by atoms with Gasteiger partial charge in [-0.05, 0) is 44.0 Å². The van der Waals surface area contributed by atoms with Gasteiger partial charge in [0.05, 0.1) is 13.8 Å². The Hall–Kier alpha value is -0.100. The molecule has 0 saturated carbocycles. The Morgan fingerprint density at radius 2 is 2.19 bits per heavy atom. The van der Waals surface area contributed by atoms with Crippen LogP contribution in [-0.2, 0) is 6.42 Å². The average molecular weight is 366 g/mol. The lowest BCUT2D eigenvalue weighted by atomic mass is 10.0. The van der Waals surface area contributed by atoms with Crippen molar-refractivity contribution in [2.75, 3.05) is 0 Å². The molecule has 86 valence electrons. The van der Waals surface area contributed by atoms with Crippen LogP contribution in [0.25, 0.3) is 0 Å². The van der Waals surface area contributed by atoms with Gasteiger partial charge in [-0.25, -0.2) is 0 Å². The number of aliphatic hydroxyl groups is 1. The summed E-state index contributed by atoms with van der Waals surface area (Å²) >= 11 is 8.40. The molecular formula is C11H10Br2O2S. The van der Waals surface area contributed by atoms with E-state index in [4.69, 9.17) is 4.42 Å². The third kappa shape index (κ3) is 2.27. The molecule has 0 amide bonds. The zero-order valence-electron chi connectivity index (χ0n) is 8.54. The molecule has 16 heavy (non-hydrogen) atoms. The summed E-state index contributed by atoms with van der Waals surface area (Å²) in [5.74, 6) is 0.835. The summed E-state index contributed by atoms with van der Waals surface area (Å²) < 4.78 is 7.25. The van der Waals surface area contributed by atoms with Crippen molar-refractivity contribution in [3.63, 3.8) is 0 Å². The normalized spacial score (nSPS) is 13.0. The molecule has 0 aliphatic carbocycles. The summed E-state index contributed by atoms with van der Waals surface area (Å²) in [6, 6.07) is 3.74. The maximum atomic E-state index is 10.3. The van der Waals surface area contributed by atoms with Gasteiger partial charge < -0.3 is 9.52 Å². The summed E-state index contributed by atoms with van der Waals surface area (Å²) in [6.07, 6.45) is 1.76. The van der Waals surface area contributed by atoms with Gasteiger partial charge >= 0.3 is 0 Å². The van der Waals surface area contributed by atoms with Crippen LogP contribution in [0, 0.1) is 0 Å². The monoisotopic (exact) mass is 364 g/mol. The molecule has 2 aromatic rings. The van der Waals surface area contributed by atoms with Gasteiger partial charge in [-0.2, -0.15) is 0 Å². The molecule has 2 heterocycles. The maximum absolute atomic E-state index is 10.3. The first kappa shape index (κ1) is 12.4. The van der Waals surface area contributed by atoms with Gasteiger partial charge in [-0.1, -0.05) is 6.92 Å². The van der Waals surface area contributed by atoms with E-state index in [0.29, 0.717) is 0 Å². The third-order valence-corrected chi connectivity index (χ3v) is 4.76. The highest BCUT2D eigenvalue weighted by atomic mass is 79.9. The number of rotatable bonds is 3. The Balaban J connectivity index is 2.38. The van der Waals surface area contributed by atoms with Crippen LogP contribution in [0.3, 0.4) is 0 Å². The molecule has 2 nitrogen and oxygen atoms in total. The lowest BCUT2D eigenvalue weighted by Crippen LogP contribution is -2.00. The van der Waals surface area contributed by atoms with Crippen LogP contribution >= 0.6 is 43.2 Å². The second kappa shape index (κ2) is 5.04. The molecule has 0 saturated heterocycles. The van der Waals surface area contributed by atoms with Crippen molar-refractivity contribution >= 4 is 43.2 Å². The first-order chi connectivity index (χ1) is 7.63. The van der Waals surface area contributed by atoms with E-state index in [1.165, 1.54) is 0 Å². The molecular weight excluding hydrogens is 356 g/mol. The van der Waals surface area contributed by atoms with E-state index in [1.54, 1.807) is 17.6 Å². The Kier molecular flexibility index (Phi) is 3.89. The first-order valence-corrected chi connectivity index (χ1v) is 7.22. The van der Waals surface area contributed by atoms with Crippen LogP contribution in [-0.4, -0.2) is 5.11 Å². The molecule has 0 aliphatic rings. The van der Waals surface area contributed by atoms with Gasteiger partial charge in [-0.15, -0.1) is 11.3 Å². The summed E-state index contributed by atoms with van der Waals surface area (Å²) in [6.45, 7) is 2.01. The average Bonchev–Trinajstić information content (AvgIpc) is 2.83. The van der Waals surface area contributed by atoms with Crippen molar-refractivity contribution in [1.82, 2.24) is 0 Å². The third-order valence-electron chi connectivity index (χ3n) is 2.37. The van der Waals surface area contributed by atoms with Crippen molar-refractivity contribution in [2.45, 2.75) is 19.4 Å². The Morgan fingerprint density at radius 1 is 1.44 bits per heavy atom. The Morgan fingerprint density at radius 3 is 2.75 bits per heavy atom. The van der Waals surface area contributed by atoms with Crippen LogP contribution in [0.15, 0.2) is 30.4 Å². The lowest BCUT2D eigenvalue weighted by molar-refractivity contribution is 0.217. The van der Waals surface area contributed by atoms with Crippen molar-refractivity contribution in [1.29, 1.82) is 0 Å². The molecule has 1 N–H and O–H groups in total. The SMILES string of the molecule is CCc1occc1C(O)c1cc(Br)sc1Br. The predicted octanol–water partition coefficient (Wildman–Crippen LogP) is 4.51. The van der Waals surface area contributed by atoms with Gasteiger partial charge in [0.2, 0.25) is 0 Å². The fraction of sp³-hybridized carbons (Fsp3) is 0.273. The molecule has 2 rings (SSSR count). The zero-order chi connectivity index (χ0) is 11.7. The fourth-order valence-electron chi connectivity index (χ4n) is 1.59. The van der Waals surface area contributed by atoms with Crippen LogP contribution in [0.2, 0.25) is 0 Å². The Labute approximate surface area is 115 Å². The largest absolute Gasteiger partial charge is 0.469 e. The highest BCUT2D eigenvalue weighted by Gasteiger charge is 2.20. The van der Waals surface area contributed by atoms with Gasteiger partial charge in [-0.3, -0.25) is 0 Å². The van der Waals surface area contributed by atoms with Gasteiger partial charge in [0.25, 0.3) is 0 Å². The van der Waals surface area contributed by atoms with E-state index >= 15 is 0 Å². The topological polar surface area (TPSA) is 33.4 Å². The first-order valence-electron chi connectivity index (χ1n) is 4.82. The molecule has 1 atom stereocenters. The van der Waals surface area contributed by atoms with Gasteiger partial charge in [0.1, 0.15) is 11.9 Å². The van der Waals surface area contributed by atoms with Crippen molar-refractivity contribution in [2.24, 2.45) is 0 Å². The minimum Gasteiger partial charge on any atom is -0.469 e. The number of aliphatic hydroxyl groups excluding tert-OH is 1. The highest BCUT2D eigenvalue weighted by Crippen LogP contribution is 2.38.